The zero-order valence-electron chi connectivity index (χ0n) is 3.89. The van der Waals surface area contributed by atoms with Crippen LogP contribution in [-0.4, -0.2) is 16.6 Å². The summed E-state index contributed by atoms with van der Waals surface area (Å²) in [7, 11) is 0. The molecule has 0 atom stereocenters. The van der Waals surface area contributed by atoms with Gasteiger partial charge in [0.15, 0.2) is 0 Å². The normalized spacial score (nSPS) is 21.3. The van der Waals surface area contributed by atoms with Crippen molar-refractivity contribution in [2.45, 2.75) is 12.8 Å². The Morgan fingerprint density at radius 2 is 2.43 bits per heavy atom. The number of hydroxylamine groups is 2. The lowest BCUT2D eigenvalue weighted by atomic mass is 10.4. The molecule has 0 N–H and O–H groups in total. The first-order valence-electron chi connectivity index (χ1n) is 2.28. The highest BCUT2D eigenvalue weighted by Gasteiger charge is 2.05. The first kappa shape index (κ1) is 5.00. The first-order valence-corrected chi connectivity index (χ1v) is 2.69. The maximum atomic E-state index is 10.3. The molecule has 1 aliphatic rings. The molecule has 1 saturated heterocycles. The fraction of sp³-hybridized carbons (Fsp3) is 0.750. The van der Waals surface area contributed by atoms with Gasteiger partial charge >= 0.3 is 0 Å². The van der Waals surface area contributed by atoms with E-state index in [1.165, 1.54) is 0 Å². The summed E-state index contributed by atoms with van der Waals surface area (Å²) in [6.07, 6.45) is 1.77. The van der Waals surface area contributed by atoms with E-state index in [2.05, 4.69) is 12.2 Å². The summed E-state index contributed by atoms with van der Waals surface area (Å²) < 4.78 is 0. The summed E-state index contributed by atoms with van der Waals surface area (Å²) in [5.74, 6) is 0. The molecule has 0 aromatic heterocycles. The van der Waals surface area contributed by atoms with Crippen molar-refractivity contribution in [2.75, 3.05) is 6.54 Å². The van der Waals surface area contributed by atoms with Crippen molar-refractivity contribution in [1.82, 2.24) is 5.06 Å². The summed E-state index contributed by atoms with van der Waals surface area (Å²) >= 11 is 4.66. The molecule has 7 heavy (non-hydrogen) atoms. The van der Waals surface area contributed by atoms with Crippen LogP contribution in [0.15, 0.2) is 0 Å². The lowest BCUT2D eigenvalue weighted by molar-refractivity contribution is 0.614. The molecule has 2 nitrogen and oxygen atoms in total. The molecule has 0 bridgehead atoms. The second-order valence-electron chi connectivity index (χ2n) is 1.60. The second-order valence-corrected chi connectivity index (χ2v) is 2.07. The van der Waals surface area contributed by atoms with Crippen LogP contribution in [-0.2, 0) is 0 Å². The van der Waals surface area contributed by atoms with Gasteiger partial charge in [-0.3, -0.25) is 0 Å². The van der Waals surface area contributed by atoms with E-state index in [1.54, 1.807) is 0 Å². The van der Waals surface area contributed by atoms with E-state index in [4.69, 9.17) is 0 Å². The van der Waals surface area contributed by atoms with Gasteiger partial charge < -0.3 is 10.3 Å². The SMILES string of the molecule is [O-]N1CCCC1=S. The molecule has 0 spiro atoms. The molecule has 1 heterocycles. The molecule has 0 amide bonds. The maximum absolute atomic E-state index is 10.3. The van der Waals surface area contributed by atoms with Gasteiger partial charge in [-0.25, -0.2) is 0 Å². The highest BCUT2D eigenvalue weighted by Crippen LogP contribution is 2.08. The number of nitrogens with zero attached hydrogens (tertiary/aromatic N) is 1. The molecule has 1 fully saturated rings. The highest BCUT2D eigenvalue weighted by atomic mass is 32.1. The molecule has 1 aliphatic heterocycles. The van der Waals surface area contributed by atoms with Gasteiger partial charge in [-0.2, -0.15) is 0 Å². The minimum Gasteiger partial charge on any atom is -0.758 e. The van der Waals surface area contributed by atoms with Gasteiger partial charge in [0.1, 0.15) is 0 Å². The quantitative estimate of drug-likeness (QED) is 0.440. The fourth-order valence-electron chi connectivity index (χ4n) is 0.623. The highest BCUT2D eigenvalue weighted by molar-refractivity contribution is 7.80. The van der Waals surface area contributed by atoms with E-state index in [-0.39, 0.29) is 0 Å². The summed E-state index contributed by atoms with van der Waals surface area (Å²) in [6, 6.07) is 0. The van der Waals surface area contributed by atoms with Gasteiger partial charge in [0.2, 0.25) is 0 Å². The Hall–Kier alpha value is -0.150. The minimum absolute atomic E-state index is 0.569. The monoisotopic (exact) mass is 116 g/mol. The van der Waals surface area contributed by atoms with Crippen LogP contribution in [0.3, 0.4) is 0 Å². The van der Waals surface area contributed by atoms with Crippen LogP contribution in [0, 0.1) is 5.21 Å². The predicted octanol–water partition coefficient (Wildman–Crippen LogP) is 0.907. The third-order valence-electron chi connectivity index (χ3n) is 1.03. The van der Waals surface area contributed by atoms with Crippen molar-refractivity contribution in [3.8, 4) is 0 Å². The van der Waals surface area contributed by atoms with Crippen molar-refractivity contribution >= 4 is 17.2 Å². The Morgan fingerprint density at radius 1 is 1.71 bits per heavy atom. The minimum atomic E-state index is 0.569. The van der Waals surface area contributed by atoms with Crippen LogP contribution >= 0.6 is 12.2 Å². The Bertz CT molecular complexity index is 93.7. The van der Waals surface area contributed by atoms with E-state index in [9.17, 15) is 5.21 Å². The Morgan fingerprint density at radius 3 is 2.57 bits per heavy atom. The molecule has 3 heteroatoms. The average molecular weight is 116 g/mol. The molecular weight excluding hydrogens is 110 g/mol. The van der Waals surface area contributed by atoms with Crippen molar-refractivity contribution in [1.29, 1.82) is 0 Å². The zero-order chi connectivity index (χ0) is 5.28. The van der Waals surface area contributed by atoms with Gasteiger partial charge in [0, 0.05) is 6.54 Å². The lowest BCUT2D eigenvalue weighted by Crippen LogP contribution is -2.13. The topological polar surface area (TPSA) is 26.3 Å². The van der Waals surface area contributed by atoms with Crippen molar-refractivity contribution in [3.05, 3.63) is 5.21 Å². The summed E-state index contributed by atoms with van der Waals surface area (Å²) in [6.45, 7) is 0.610. The van der Waals surface area contributed by atoms with Crippen molar-refractivity contribution in [2.24, 2.45) is 0 Å². The van der Waals surface area contributed by atoms with Crippen LogP contribution < -0.4 is 0 Å². The van der Waals surface area contributed by atoms with Gasteiger partial charge in [-0.05, 0) is 12.8 Å². The largest absolute Gasteiger partial charge is 0.758 e. The van der Waals surface area contributed by atoms with E-state index < -0.39 is 0 Å². The number of rotatable bonds is 0. The Labute approximate surface area is 47.7 Å². The summed E-state index contributed by atoms with van der Waals surface area (Å²) in [4.78, 5) is 0.569. The maximum Gasteiger partial charge on any atom is 0.0673 e. The van der Waals surface area contributed by atoms with Crippen LogP contribution in [0.1, 0.15) is 12.8 Å². The molecule has 0 aromatic rings. The predicted molar refractivity (Wildman–Crippen MR) is 31.9 cm³/mol. The second kappa shape index (κ2) is 1.76. The van der Waals surface area contributed by atoms with Crippen LogP contribution in [0.4, 0.5) is 0 Å². The van der Waals surface area contributed by atoms with Crippen LogP contribution in [0.5, 0.6) is 0 Å². The lowest BCUT2D eigenvalue weighted by Gasteiger charge is -2.22. The molecule has 1 rings (SSSR count). The summed E-state index contributed by atoms with van der Waals surface area (Å²) in [5, 5.41) is 11.2. The van der Waals surface area contributed by atoms with Gasteiger partial charge in [-0.1, -0.05) is 12.2 Å². The molecule has 0 aromatic carbocycles. The van der Waals surface area contributed by atoms with E-state index in [1.807, 2.05) is 0 Å². The van der Waals surface area contributed by atoms with Gasteiger partial charge in [0.25, 0.3) is 0 Å². The molecule has 0 radical (unpaired) electrons. The Kier molecular flexibility index (Phi) is 1.25. The molecule has 40 valence electrons. The van der Waals surface area contributed by atoms with Gasteiger partial charge in [0.05, 0.1) is 4.99 Å². The number of hydrogen-bond acceptors (Lipinski definition) is 2. The fourth-order valence-corrected chi connectivity index (χ4v) is 0.859. The van der Waals surface area contributed by atoms with Crippen LogP contribution in [0.25, 0.3) is 0 Å². The van der Waals surface area contributed by atoms with E-state index >= 15 is 0 Å². The smallest absolute Gasteiger partial charge is 0.0673 e. The standard InChI is InChI=1S/C4H6NOS/c6-5-3-1-2-4(5)7/h1-3H2/q-1. The van der Waals surface area contributed by atoms with Crippen molar-refractivity contribution < 1.29 is 0 Å². The molecule has 0 unspecified atom stereocenters. The summed E-state index contributed by atoms with van der Waals surface area (Å²) in [5.41, 5.74) is 0. The van der Waals surface area contributed by atoms with Crippen LogP contribution in [0.2, 0.25) is 0 Å². The third-order valence-corrected chi connectivity index (χ3v) is 1.44. The first-order chi connectivity index (χ1) is 3.30. The zero-order valence-corrected chi connectivity index (χ0v) is 4.70. The average Bonchev–Trinajstić information content (AvgIpc) is 1.91. The van der Waals surface area contributed by atoms with Gasteiger partial charge in [-0.15, -0.1) is 0 Å². The van der Waals surface area contributed by atoms with E-state index in [0.717, 1.165) is 17.9 Å². The Balaban J connectivity index is 2.48. The third kappa shape index (κ3) is 0.894. The molecular formula is C4H6NOS-. The molecule has 0 saturated carbocycles. The number of thiocarbonyl (C=S) groups is 1. The number of hydrogen-bond donors (Lipinski definition) is 0. The van der Waals surface area contributed by atoms with Crippen molar-refractivity contribution in [3.63, 3.8) is 0 Å². The van der Waals surface area contributed by atoms with E-state index in [0.29, 0.717) is 11.5 Å². The molecule has 0 aliphatic carbocycles.